The molecule has 0 unspecified atom stereocenters. The highest BCUT2D eigenvalue weighted by Crippen LogP contribution is 2.24. The number of carbonyl (C=O) groups is 1. The van der Waals surface area contributed by atoms with Gasteiger partial charge in [0.2, 0.25) is 5.95 Å². The van der Waals surface area contributed by atoms with E-state index in [-0.39, 0.29) is 11.5 Å². The van der Waals surface area contributed by atoms with E-state index in [1.165, 1.54) is 4.68 Å². The molecule has 0 bridgehead atoms. The second kappa shape index (κ2) is 8.91. The quantitative estimate of drug-likeness (QED) is 0.417. The van der Waals surface area contributed by atoms with Crippen LogP contribution in [0.3, 0.4) is 0 Å². The third-order valence-electron chi connectivity index (χ3n) is 5.52. The molecule has 5 rings (SSSR count). The number of aromatic nitrogens is 4. The average Bonchev–Trinajstić information content (AvgIpc) is 3.47. The van der Waals surface area contributed by atoms with Crippen LogP contribution in [0, 0.1) is 0 Å². The number of rotatable bonds is 5. The molecule has 0 aliphatic heterocycles. The summed E-state index contributed by atoms with van der Waals surface area (Å²) in [5, 5.41) is 10.9. The lowest BCUT2D eigenvalue weighted by Crippen LogP contribution is -2.29. The summed E-state index contributed by atoms with van der Waals surface area (Å²) in [6.07, 6.45) is 2.38. The van der Waals surface area contributed by atoms with Gasteiger partial charge < -0.3 is 5.32 Å². The van der Waals surface area contributed by atoms with Gasteiger partial charge in [-0.1, -0.05) is 54.1 Å². The Bertz CT molecular complexity index is 1360. The molecule has 4 aromatic rings. The van der Waals surface area contributed by atoms with Crippen molar-refractivity contribution in [3.8, 4) is 17.2 Å². The topological polar surface area (TPSA) is 105 Å². The molecule has 3 N–H and O–H groups in total. The van der Waals surface area contributed by atoms with E-state index in [0.717, 1.165) is 41.6 Å². The smallest absolute Gasteiger partial charge is 0.320 e. The van der Waals surface area contributed by atoms with Crippen molar-refractivity contribution in [2.45, 2.75) is 25.8 Å². The van der Waals surface area contributed by atoms with Crippen molar-refractivity contribution in [3.05, 3.63) is 92.9 Å². The summed E-state index contributed by atoms with van der Waals surface area (Å²) in [5.41, 5.74) is 3.78. The zero-order valence-corrected chi connectivity index (χ0v) is 18.4. The SMILES string of the molecule is O=C(NCc1ccc(Cl)cc1)Nc1cc(-c2ccccc2)nn1-c1nc2c(c(=O)[nH]1)CCC2. The Morgan fingerprint density at radius 2 is 1.88 bits per heavy atom. The molecule has 0 atom stereocenters. The second-order valence-electron chi connectivity index (χ2n) is 7.80. The van der Waals surface area contributed by atoms with Crippen LogP contribution >= 0.6 is 11.6 Å². The Kier molecular flexibility index (Phi) is 5.66. The highest BCUT2D eigenvalue weighted by molar-refractivity contribution is 6.30. The molecule has 9 heteroatoms. The first-order chi connectivity index (χ1) is 16.1. The maximum atomic E-state index is 12.7. The van der Waals surface area contributed by atoms with Gasteiger partial charge in [0, 0.05) is 28.8 Å². The normalized spacial score (nSPS) is 12.4. The molecule has 0 saturated heterocycles. The van der Waals surface area contributed by atoms with Crippen LogP contribution in [0.25, 0.3) is 17.2 Å². The van der Waals surface area contributed by atoms with Crippen LogP contribution < -0.4 is 16.2 Å². The van der Waals surface area contributed by atoms with Crippen molar-refractivity contribution in [1.82, 2.24) is 25.1 Å². The maximum Gasteiger partial charge on any atom is 0.320 e. The van der Waals surface area contributed by atoms with Gasteiger partial charge in [-0.25, -0.2) is 9.78 Å². The van der Waals surface area contributed by atoms with E-state index in [4.69, 9.17) is 11.6 Å². The number of fused-ring (bicyclic) bond motifs is 1. The molecule has 2 aromatic carbocycles. The average molecular weight is 461 g/mol. The number of carbonyl (C=O) groups excluding carboxylic acids is 1. The van der Waals surface area contributed by atoms with Crippen LogP contribution in [0.15, 0.2) is 65.5 Å². The van der Waals surface area contributed by atoms with Crippen molar-refractivity contribution in [2.75, 3.05) is 5.32 Å². The predicted octanol–water partition coefficient (Wildman–Crippen LogP) is 4.09. The number of H-pyrrole nitrogens is 1. The monoisotopic (exact) mass is 460 g/mol. The number of nitrogens with zero attached hydrogens (tertiary/aromatic N) is 3. The number of hydrogen-bond acceptors (Lipinski definition) is 4. The summed E-state index contributed by atoms with van der Waals surface area (Å²) < 4.78 is 1.46. The van der Waals surface area contributed by atoms with Crippen molar-refractivity contribution < 1.29 is 4.79 Å². The van der Waals surface area contributed by atoms with Gasteiger partial charge in [0.1, 0.15) is 5.82 Å². The standard InChI is InChI=1S/C24H21ClN6O2/c25-17-11-9-15(10-12-17)14-26-24(33)28-21-13-20(16-5-2-1-3-6-16)30-31(21)23-27-19-8-4-7-18(19)22(32)29-23/h1-3,5-6,9-13H,4,7-8,14H2,(H2,26,28,33)(H,27,29,32). The Labute approximate surface area is 194 Å². The fourth-order valence-electron chi connectivity index (χ4n) is 3.86. The number of amides is 2. The Morgan fingerprint density at radius 3 is 2.67 bits per heavy atom. The summed E-state index contributed by atoms with van der Waals surface area (Å²) in [6.45, 7) is 0.330. The number of nitrogens with one attached hydrogen (secondary N) is 3. The lowest BCUT2D eigenvalue weighted by molar-refractivity contribution is 0.251. The molecule has 0 saturated carbocycles. The predicted molar refractivity (Wildman–Crippen MR) is 127 cm³/mol. The van der Waals surface area contributed by atoms with E-state index in [2.05, 4.69) is 25.7 Å². The van der Waals surface area contributed by atoms with Gasteiger partial charge in [0.25, 0.3) is 5.56 Å². The molecule has 166 valence electrons. The number of anilines is 1. The number of hydrogen-bond donors (Lipinski definition) is 3. The fourth-order valence-corrected chi connectivity index (χ4v) is 3.98. The van der Waals surface area contributed by atoms with Crippen molar-refractivity contribution in [3.63, 3.8) is 0 Å². The van der Waals surface area contributed by atoms with Crippen LogP contribution in [0.2, 0.25) is 5.02 Å². The largest absolute Gasteiger partial charge is 0.334 e. The Morgan fingerprint density at radius 1 is 1.09 bits per heavy atom. The zero-order valence-electron chi connectivity index (χ0n) is 17.6. The first-order valence-electron chi connectivity index (χ1n) is 10.6. The number of halogens is 1. The van der Waals surface area contributed by atoms with Gasteiger partial charge >= 0.3 is 6.03 Å². The zero-order chi connectivity index (χ0) is 22.8. The van der Waals surface area contributed by atoms with Crippen molar-refractivity contribution in [2.24, 2.45) is 0 Å². The number of urea groups is 1. The lowest BCUT2D eigenvalue weighted by atomic mass is 10.2. The summed E-state index contributed by atoms with van der Waals surface area (Å²) in [7, 11) is 0. The van der Waals surface area contributed by atoms with Gasteiger partial charge in [-0.15, -0.1) is 0 Å². The van der Waals surface area contributed by atoms with Crippen LogP contribution in [0.1, 0.15) is 23.2 Å². The second-order valence-corrected chi connectivity index (χ2v) is 8.23. The molecular weight excluding hydrogens is 440 g/mol. The van der Waals surface area contributed by atoms with E-state index < -0.39 is 6.03 Å². The van der Waals surface area contributed by atoms with Crippen molar-refractivity contribution in [1.29, 1.82) is 0 Å². The number of benzene rings is 2. The molecule has 0 radical (unpaired) electrons. The Balaban J connectivity index is 1.45. The van der Waals surface area contributed by atoms with E-state index in [9.17, 15) is 9.59 Å². The minimum Gasteiger partial charge on any atom is -0.334 e. The van der Waals surface area contributed by atoms with Gasteiger partial charge in [-0.3, -0.25) is 15.1 Å². The maximum absolute atomic E-state index is 12.7. The molecule has 33 heavy (non-hydrogen) atoms. The van der Waals surface area contributed by atoms with Crippen molar-refractivity contribution >= 4 is 23.4 Å². The van der Waals surface area contributed by atoms with Gasteiger partial charge in [0.05, 0.1) is 11.4 Å². The van der Waals surface area contributed by atoms with E-state index in [0.29, 0.717) is 23.1 Å². The molecule has 0 spiro atoms. The highest BCUT2D eigenvalue weighted by Gasteiger charge is 2.20. The van der Waals surface area contributed by atoms with E-state index >= 15 is 0 Å². The van der Waals surface area contributed by atoms with Gasteiger partial charge in [-0.2, -0.15) is 9.78 Å². The molecular formula is C24H21ClN6O2. The molecule has 2 aromatic heterocycles. The van der Waals surface area contributed by atoms with Crippen LogP contribution in [0.5, 0.6) is 0 Å². The van der Waals surface area contributed by atoms with Crippen LogP contribution in [0.4, 0.5) is 10.6 Å². The summed E-state index contributed by atoms with van der Waals surface area (Å²) in [4.78, 5) is 32.6. The van der Waals surface area contributed by atoms with Gasteiger partial charge in [-0.05, 0) is 37.0 Å². The fraction of sp³-hybridized carbons (Fsp3) is 0.167. The molecule has 2 amide bonds. The first-order valence-corrected chi connectivity index (χ1v) is 11.0. The third-order valence-corrected chi connectivity index (χ3v) is 5.77. The third kappa shape index (κ3) is 4.51. The van der Waals surface area contributed by atoms with E-state index in [1.54, 1.807) is 18.2 Å². The summed E-state index contributed by atoms with van der Waals surface area (Å²) in [6, 6.07) is 18.2. The molecule has 0 fully saturated rings. The Hall–Kier alpha value is -3.91. The van der Waals surface area contributed by atoms with Crippen LogP contribution in [-0.4, -0.2) is 25.8 Å². The molecule has 2 heterocycles. The summed E-state index contributed by atoms with van der Waals surface area (Å²) in [5.74, 6) is 0.666. The number of aryl methyl sites for hydroxylation is 1. The summed E-state index contributed by atoms with van der Waals surface area (Å²) >= 11 is 5.92. The minimum absolute atomic E-state index is 0.164. The lowest BCUT2D eigenvalue weighted by Gasteiger charge is -2.10. The number of aromatic amines is 1. The van der Waals surface area contributed by atoms with Gasteiger partial charge in [0.15, 0.2) is 0 Å². The molecule has 1 aliphatic rings. The minimum atomic E-state index is -0.408. The first kappa shape index (κ1) is 21.0. The van der Waals surface area contributed by atoms with E-state index in [1.807, 2.05) is 42.5 Å². The highest BCUT2D eigenvalue weighted by atomic mass is 35.5. The molecule has 1 aliphatic carbocycles. The molecule has 8 nitrogen and oxygen atoms in total. The van der Waals surface area contributed by atoms with Crippen LogP contribution in [-0.2, 0) is 19.4 Å².